The first kappa shape index (κ1) is 23.2. The number of nitrogens with zero attached hydrogens (tertiary/aromatic N) is 2. The first-order chi connectivity index (χ1) is 15.9. The van der Waals surface area contributed by atoms with Crippen LogP contribution in [0.5, 0.6) is 0 Å². The molecule has 2 aliphatic heterocycles. The molecule has 8 heteroatoms. The fourth-order valence-electron chi connectivity index (χ4n) is 4.74. The molecular weight excluding hydrogens is 426 g/mol. The van der Waals surface area contributed by atoms with Gasteiger partial charge in [0.15, 0.2) is 0 Å². The SMILES string of the molecule is CN1CCCc2cc([C@H](CNC(=O)C(=O)Nc3cc(F)ccc3F)N3CCCCC3)ccc21. The summed E-state index contributed by atoms with van der Waals surface area (Å²) in [5, 5.41) is 4.86. The summed E-state index contributed by atoms with van der Waals surface area (Å²) in [5.74, 6) is -3.40. The fraction of sp³-hybridized carbons (Fsp3) is 0.440. The summed E-state index contributed by atoms with van der Waals surface area (Å²) >= 11 is 0. The number of halogens is 2. The van der Waals surface area contributed by atoms with E-state index < -0.39 is 23.4 Å². The Balaban J connectivity index is 1.47. The normalized spacial score (nSPS) is 17.2. The van der Waals surface area contributed by atoms with Gasteiger partial charge in [0.2, 0.25) is 0 Å². The standard InChI is InChI=1S/C25H30F2N4O2/c1-30-11-5-6-17-14-18(7-10-22(17)30)23(31-12-3-2-4-13-31)16-28-24(32)25(33)29-21-15-19(26)8-9-20(21)27/h7-10,14-15,23H,2-6,11-13,16H2,1H3,(H,28,32)(H,29,33)/t23-/m0/s1. The van der Waals surface area contributed by atoms with Crippen molar-refractivity contribution < 1.29 is 18.4 Å². The molecule has 0 unspecified atom stereocenters. The molecule has 1 saturated heterocycles. The van der Waals surface area contributed by atoms with Gasteiger partial charge in [-0.3, -0.25) is 14.5 Å². The molecule has 2 aliphatic rings. The summed E-state index contributed by atoms with van der Waals surface area (Å²) < 4.78 is 27.2. The predicted octanol–water partition coefficient (Wildman–Crippen LogP) is 3.63. The molecule has 2 amide bonds. The number of aryl methyl sites for hydroxylation is 1. The van der Waals surface area contributed by atoms with E-state index >= 15 is 0 Å². The van der Waals surface area contributed by atoms with E-state index in [2.05, 4.69) is 45.7 Å². The highest BCUT2D eigenvalue weighted by molar-refractivity contribution is 6.39. The van der Waals surface area contributed by atoms with Crippen LogP contribution in [0.25, 0.3) is 0 Å². The highest BCUT2D eigenvalue weighted by atomic mass is 19.1. The number of amides is 2. The predicted molar refractivity (Wildman–Crippen MR) is 124 cm³/mol. The van der Waals surface area contributed by atoms with Gasteiger partial charge in [-0.25, -0.2) is 8.78 Å². The van der Waals surface area contributed by atoms with Crippen molar-refractivity contribution >= 4 is 23.2 Å². The number of fused-ring (bicyclic) bond motifs is 1. The van der Waals surface area contributed by atoms with Crippen LogP contribution >= 0.6 is 0 Å². The molecule has 1 atom stereocenters. The minimum absolute atomic E-state index is 0.0644. The lowest BCUT2D eigenvalue weighted by molar-refractivity contribution is -0.136. The largest absolute Gasteiger partial charge is 0.374 e. The van der Waals surface area contributed by atoms with Crippen LogP contribution in [0.4, 0.5) is 20.2 Å². The Hall–Kier alpha value is -3.00. The van der Waals surface area contributed by atoms with Gasteiger partial charge in [-0.15, -0.1) is 0 Å². The third-order valence-corrected chi connectivity index (χ3v) is 6.51. The van der Waals surface area contributed by atoms with Crippen LogP contribution in [0, 0.1) is 11.6 Å². The van der Waals surface area contributed by atoms with Crippen LogP contribution in [0.3, 0.4) is 0 Å². The summed E-state index contributed by atoms with van der Waals surface area (Å²) in [4.78, 5) is 29.4. The number of nitrogens with one attached hydrogen (secondary N) is 2. The highest BCUT2D eigenvalue weighted by Gasteiger charge is 2.26. The van der Waals surface area contributed by atoms with Crippen molar-refractivity contribution in [1.29, 1.82) is 0 Å². The van der Waals surface area contributed by atoms with Gasteiger partial charge >= 0.3 is 11.8 Å². The van der Waals surface area contributed by atoms with Crippen LogP contribution in [0.1, 0.15) is 42.9 Å². The lowest BCUT2D eigenvalue weighted by Crippen LogP contribution is -2.43. The van der Waals surface area contributed by atoms with Crippen molar-refractivity contribution in [2.45, 2.75) is 38.1 Å². The molecule has 0 aliphatic carbocycles. The summed E-state index contributed by atoms with van der Waals surface area (Å²) in [6.45, 7) is 3.15. The Kier molecular flexibility index (Phi) is 7.23. The zero-order chi connectivity index (χ0) is 23.4. The number of benzene rings is 2. The average molecular weight is 457 g/mol. The molecule has 4 rings (SSSR count). The monoisotopic (exact) mass is 456 g/mol. The second kappa shape index (κ2) is 10.3. The Morgan fingerprint density at radius 1 is 0.970 bits per heavy atom. The minimum atomic E-state index is -1.02. The third-order valence-electron chi connectivity index (χ3n) is 6.51. The summed E-state index contributed by atoms with van der Waals surface area (Å²) in [5.41, 5.74) is 3.29. The van der Waals surface area contributed by atoms with E-state index in [1.807, 2.05) is 0 Å². The van der Waals surface area contributed by atoms with Crippen molar-refractivity contribution in [1.82, 2.24) is 10.2 Å². The summed E-state index contributed by atoms with van der Waals surface area (Å²) in [7, 11) is 2.10. The van der Waals surface area contributed by atoms with E-state index in [0.717, 1.165) is 69.1 Å². The van der Waals surface area contributed by atoms with Crippen molar-refractivity contribution in [3.8, 4) is 0 Å². The number of carbonyl (C=O) groups excluding carboxylic acids is 2. The third kappa shape index (κ3) is 5.50. The fourth-order valence-corrected chi connectivity index (χ4v) is 4.74. The molecule has 6 nitrogen and oxygen atoms in total. The van der Waals surface area contributed by atoms with E-state index in [9.17, 15) is 18.4 Å². The van der Waals surface area contributed by atoms with Crippen molar-refractivity contribution in [3.63, 3.8) is 0 Å². The molecule has 33 heavy (non-hydrogen) atoms. The van der Waals surface area contributed by atoms with E-state index in [0.29, 0.717) is 0 Å². The van der Waals surface area contributed by atoms with Gasteiger partial charge < -0.3 is 15.5 Å². The number of rotatable bonds is 5. The molecule has 0 radical (unpaired) electrons. The molecule has 2 aromatic rings. The van der Waals surface area contributed by atoms with Gasteiger partial charge in [0.1, 0.15) is 11.6 Å². The van der Waals surface area contributed by atoms with Crippen molar-refractivity contribution in [3.05, 3.63) is 59.2 Å². The summed E-state index contributed by atoms with van der Waals surface area (Å²) in [6, 6.07) is 9.11. The minimum Gasteiger partial charge on any atom is -0.374 e. The maximum absolute atomic E-state index is 13.8. The Morgan fingerprint density at radius 3 is 2.55 bits per heavy atom. The van der Waals surface area contributed by atoms with Gasteiger partial charge in [0, 0.05) is 31.9 Å². The molecule has 2 aromatic carbocycles. The Morgan fingerprint density at radius 2 is 1.76 bits per heavy atom. The second-order valence-corrected chi connectivity index (χ2v) is 8.81. The molecule has 176 valence electrons. The van der Waals surface area contributed by atoms with Crippen LogP contribution in [-0.2, 0) is 16.0 Å². The number of carbonyl (C=O) groups is 2. The quantitative estimate of drug-likeness (QED) is 0.675. The number of piperidine rings is 1. The lowest BCUT2D eigenvalue weighted by atomic mass is 9.95. The first-order valence-electron chi connectivity index (χ1n) is 11.5. The number of hydrogen-bond donors (Lipinski definition) is 2. The molecular formula is C25H30F2N4O2. The van der Waals surface area contributed by atoms with Crippen LogP contribution in [-0.4, -0.2) is 49.9 Å². The van der Waals surface area contributed by atoms with Crippen LogP contribution in [0.2, 0.25) is 0 Å². The number of hydrogen-bond acceptors (Lipinski definition) is 4. The van der Waals surface area contributed by atoms with E-state index in [-0.39, 0.29) is 18.3 Å². The first-order valence-corrected chi connectivity index (χ1v) is 11.5. The number of likely N-dealkylation sites (tertiary alicyclic amines) is 1. The van der Waals surface area contributed by atoms with E-state index in [4.69, 9.17) is 0 Å². The van der Waals surface area contributed by atoms with Crippen LogP contribution in [0.15, 0.2) is 36.4 Å². The van der Waals surface area contributed by atoms with Crippen molar-refractivity contribution in [2.75, 3.05) is 43.4 Å². The maximum Gasteiger partial charge on any atom is 0.313 e. The molecule has 2 heterocycles. The zero-order valence-electron chi connectivity index (χ0n) is 18.9. The van der Waals surface area contributed by atoms with Gasteiger partial charge in [-0.05, 0) is 68.1 Å². The Bertz CT molecular complexity index is 1020. The molecule has 0 saturated carbocycles. The van der Waals surface area contributed by atoms with Gasteiger partial charge in [0.25, 0.3) is 0 Å². The number of anilines is 2. The van der Waals surface area contributed by atoms with Gasteiger partial charge in [-0.2, -0.15) is 0 Å². The molecule has 0 spiro atoms. The van der Waals surface area contributed by atoms with Crippen molar-refractivity contribution in [2.24, 2.45) is 0 Å². The maximum atomic E-state index is 13.8. The highest BCUT2D eigenvalue weighted by Crippen LogP contribution is 2.31. The average Bonchev–Trinajstić information content (AvgIpc) is 2.82. The molecule has 1 fully saturated rings. The lowest BCUT2D eigenvalue weighted by Gasteiger charge is -2.36. The smallest absolute Gasteiger partial charge is 0.313 e. The van der Waals surface area contributed by atoms with Gasteiger partial charge in [0.05, 0.1) is 11.7 Å². The van der Waals surface area contributed by atoms with Crippen LogP contribution < -0.4 is 15.5 Å². The molecule has 0 bridgehead atoms. The van der Waals surface area contributed by atoms with Gasteiger partial charge in [-0.1, -0.05) is 18.6 Å². The summed E-state index contributed by atoms with van der Waals surface area (Å²) in [6.07, 6.45) is 5.50. The Labute approximate surface area is 192 Å². The molecule has 2 N–H and O–H groups in total. The topological polar surface area (TPSA) is 64.7 Å². The molecule has 0 aromatic heterocycles. The zero-order valence-corrected chi connectivity index (χ0v) is 18.9. The van der Waals surface area contributed by atoms with E-state index in [1.54, 1.807) is 0 Å². The van der Waals surface area contributed by atoms with E-state index in [1.165, 1.54) is 17.7 Å². The second-order valence-electron chi connectivity index (χ2n) is 8.81.